The number of para-hydroxylation sites is 3. The fourth-order valence-corrected chi connectivity index (χ4v) is 3.62. The molecule has 4 rings (SSSR count). The highest BCUT2D eigenvalue weighted by Gasteiger charge is 2.29. The average Bonchev–Trinajstić information content (AvgIpc) is 3.28. The van der Waals surface area contributed by atoms with Crippen molar-refractivity contribution in [2.45, 2.75) is 38.4 Å². The monoisotopic (exact) mass is 474 g/mol. The van der Waals surface area contributed by atoms with E-state index in [1.54, 1.807) is 6.07 Å². The van der Waals surface area contributed by atoms with Crippen molar-refractivity contribution in [1.29, 1.82) is 0 Å². The predicted molar refractivity (Wildman–Crippen MR) is 134 cm³/mol. The van der Waals surface area contributed by atoms with E-state index < -0.39 is 11.6 Å². The molecule has 182 valence electrons. The first kappa shape index (κ1) is 24.3. The Bertz CT molecular complexity index is 1220. The van der Waals surface area contributed by atoms with Crippen LogP contribution >= 0.6 is 0 Å². The molecule has 7 nitrogen and oxygen atoms in total. The molecule has 0 bridgehead atoms. The van der Waals surface area contributed by atoms with Crippen molar-refractivity contribution in [3.8, 4) is 11.5 Å². The molecule has 4 aromatic rings. The first-order valence-electron chi connectivity index (χ1n) is 11.7. The summed E-state index contributed by atoms with van der Waals surface area (Å²) in [4.78, 5) is 15.9. The van der Waals surface area contributed by atoms with Crippen molar-refractivity contribution < 1.29 is 23.8 Å². The number of fused-ring (bicyclic) bond motifs is 1. The summed E-state index contributed by atoms with van der Waals surface area (Å²) in [7, 11) is 0. The molecular formula is C28H30N2O5. The summed E-state index contributed by atoms with van der Waals surface area (Å²) in [6, 6.07) is 24.9. The minimum atomic E-state index is -1.28. The first-order valence-corrected chi connectivity index (χ1v) is 11.7. The number of rotatable bonds is 12. The highest BCUT2D eigenvalue weighted by molar-refractivity contribution is 5.76. The zero-order valence-corrected chi connectivity index (χ0v) is 19.9. The third-order valence-electron chi connectivity index (χ3n) is 5.54. The first-order chi connectivity index (χ1) is 16.9. The van der Waals surface area contributed by atoms with E-state index in [-0.39, 0.29) is 6.10 Å². The smallest absolute Gasteiger partial charge is 0.347 e. The van der Waals surface area contributed by atoms with Gasteiger partial charge < -0.3 is 24.3 Å². The van der Waals surface area contributed by atoms with E-state index in [2.05, 4.69) is 10.3 Å². The Labute approximate surface area is 204 Å². The van der Waals surface area contributed by atoms with Crippen LogP contribution in [0.3, 0.4) is 0 Å². The highest BCUT2D eigenvalue weighted by atomic mass is 16.5. The number of hydrogen-bond acceptors (Lipinski definition) is 6. The molecule has 0 aliphatic rings. The fourth-order valence-electron chi connectivity index (χ4n) is 3.62. The zero-order chi connectivity index (χ0) is 24.7. The number of aromatic nitrogens is 1. The van der Waals surface area contributed by atoms with E-state index in [9.17, 15) is 9.90 Å². The third kappa shape index (κ3) is 6.61. The van der Waals surface area contributed by atoms with Crippen LogP contribution in [0.4, 0.5) is 0 Å². The standard InChI is InChI=1S/C28H30N2O5/c1-28(2,27(31)32)35-22-14-8-10-20(18-22)11-9-17-29-19-25(33-21-12-4-3-5-13-21)26-30-23-15-6-7-16-24(23)34-26/h3-8,10,12-16,18,25,29H,9,11,17,19H2,1-2H3,(H,31,32). The summed E-state index contributed by atoms with van der Waals surface area (Å²) in [6.07, 6.45) is 1.34. The van der Waals surface area contributed by atoms with Gasteiger partial charge in [0.05, 0.1) is 0 Å². The lowest BCUT2D eigenvalue weighted by Gasteiger charge is -2.21. The van der Waals surface area contributed by atoms with Gasteiger partial charge >= 0.3 is 5.97 Å². The number of nitrogens with zero attached hydrogens (tertiary/aromatic N) is 1. The number of carbonyl (C=O) groups is 1. The van der Waals surface area contributed by atoms with Gasteiger partial charge in [0, 0.05) is 6.54 Å². The van der Waals surface area contributed by atoms with Crippen LogP contribution in [-0.4, -0.2) is 34.8 Å². The van der Waals surface area contributed by atoms with E-state index in [1.165, 1.54) is 13.8 Å². The fraction of sp³-hybridized carbons (Fsp3) is 0.286. The largest absolute Gasteiger partial charge is 0.479 e. The van der Waals surface area contributed by atoms with Crippen LogP contribution in [0.5, 0.6) is 11.5 Å². The van der Waals surface area contributed by atoms with Gasteiger partial charge in [-0.25, -0.2) is 9.78 Å². The number of oxazole rings is 1. The van der Waals surface area contributed by atoms with Gasteiger partial charge in [0.1, 0.15) is 17.0 Å². The number of hydrogen-bond donors (Lipinski definition) is 2. The Balaban J connectivity index is 1.33. The Kier molecular flexibility index (Phi) is 7.67. The van der Waals surface area contributed by atoms with E-state index in [4.69, 9.17) is 13.9 Å². The van der Waals surface area contributed by atoms with Gasteiger partial charge in [0.2, 0.25) is 5.89 Å². The van der Waals surface area contributed by atoms with Gasteiger partial charge in [-0.15, -0.1) is 0 Å². The normalized spacial score (nSPS) is 12.4. The van der Waals surface area contributed by atoms with Crippen molar-refractivity contribution in [2.24, 2.45) is 0 Å². The van der Waals surface area contributed by atoms with Gasteiger partial charge in [0.25, 0.3) is 0 Å². The molecule has 3 aromatic carbocycles. The van der Waals surface area contributed by atoms with Crippen LogP contribution in [-0.2, 0) is 11.2 Å². The van der Waals surface area contributed by atoms with E-state index in [0.717, 1.165) is 41.8 Å². The molecule has 0 amide bonds. The van der Waals surface area contributed by atoms with E-state index >= 15 is 0 Å². The SMILES string of the molecule is CC(C)(Oc1cccc(CCCNCC(Oc2ccccc2)c2nc3ccccc3o2)c1)C(=O)O. The summed E-state index contributed by atoms with van der Waals surface area (Å²) in [6.45, 7) is 4.38. The second kappa shape index (κ2) is 11.1. The maximum atomic E-state index is 11.3. The Morgan fingerprint density at radius 3 is 2.54 bits per heavy atom. The number of nitrogens with one attached hydrogen (secondary N) is 1. The molecule has 0 saturated carbocycles. The summed E-state index contributed by atoms with van der Waals surface area (Å²) in [5, 5.41) is 12.7. The van der Waals surface area contributed by atoms with Gasteiger partial charge in [0.15, 0.2) is 17.3 Å². The molecule has 0 aliphatic carbocycles. The highest BCUT2D eigenvalue weighted by Crippen LogP contribution is 2.25. The summed E-state index contributed by atoms with van der Waals surface area (Å²) in [5.74, 6) is 0.838. The lowest BCUT2D eigenvalue weighted by Crippen LogP contribution is -2.37. The van der Waals surface area contributed by atoms with Crippen molar-refractivity contribution >= 4 is 17.1 Å². The lowest BCUT2D eigenvalue weighted by atomic mass is 10.1. The molecule has 1 unspecified atom stereocenters. The molecule has 0 aliphatic heterocycles. The Hall–Kier alpha value is -3.84. The van der Waals surface area contributed by atoms with Crippen LogP contribution in [0.15, 0.2) is 83.3 Å². The van der Waals surface area contributed by atoms with Crippen LogP contribution in [0.25, 0.3) is 11.1 Å². The molecule has 1 atom stereocenters. The van der Waals surface area contributed by atoms with Crippen molar-refractivity contribution in [2.75, 3.05) is 13.1 Å². The van der Waals surface area contributed by atoms with Gasteiger partial charge in [-0.05, 0) is 75.2 Å². The maximum absolute atomic E-state index is 11.3. The van der Waals surface area contributed by atoms with Gasteiger partial charge in [-0.2, -0.15) is 0 Å². The Morgan fingerprint density at radius 2 is 1.77 bits per heavy atom. The molecule has 0 fully saturated rings. The summed E-state index contributed by atoms with van der Waals surface area (Å²) in [5.41, 5.74) is 1.34. The summed E-state index contributed by atoms with van der Waals surface area (Å²) >= 11 is 0. The van der Waals surface area contributed by atoms with Crippen LogP contribution < -0.4 is 14.8 Å². The molecule has 35 heavy (non-hydrogen) atoms. The van der Waals surface area contributed by atoms with Crippen molar-refractivity contribution in [3.63, 3.8) is 0 Å². The molecule has 2 N–H and O–H groups in total. The quantitative estimate of drug-likeness (QED) is 0.265. The van der Waals surface area contributed by atoms with E-state index in [1.807, 2.05) is 72.8 Å². The molecular weight excluding hydrogens is 444 g/mol. The predicted octanol–water partition coefficient (Wildman–Crippen LogP) is 5.41. The van der Waals surface area contributed by atoms with Gasteiger partial charge in [-0.1, -0.05) is 42.5 Å². The number of benzene rings is 3. The topological polar surface area (TPSA) is 93.8 Å². The minimum Gasteiger partial charge on any atom is -0.479 e. The van der Waals surface area contributed by atoms with E-state index in [0.29, 0.717) is 18.2 Å². The third-order valence-corrected chi connectivity index (χ3v) is 5.54. The number of aliphatic carboxylic acids is 1. The number of ether oxygens (including phenoxy) is 2. The van der Waals surface area contributed by atoms with Crippen molar-refractivity contribution in [3.05, 3.63) is 90.3 Å². The molecule has 1 aromatic heterocycles. The minimum absolute atomic E-state index is 0.375. The van der Waals surface area contributed by atoms with Crippen LogP contribution in [0.1, 0.15) is 37.8 Å². The van der Waals surface area contributed by atoms with Gasteiger partial charge in [-0.3, -0.25) is 0 Å². The molecule has 0 radical (unpaired) electrons. The Morgan fingerprint density at radius 1 is 1.03 bits per heavy atom. The lowest BCUT2D eigenvalue weighted by molar-refractivity contribution is -0.152. The molecule has 1 heterocycles. The molecule has 7 heteroatoms. The molecule has 0 saturated heterocycles. The second-order valence-electron chi connectivity index (χ2n) is 8.81. The van der Waals surface area contributed by atoms with Crippen LogP contribution in [0, 0.1) is 0 Å². The number of aryl methyl sites for hydroxylation is 1. The number of carboxylic acid groups (broad SMARTS) is 1. The zero-order valence-electron chi connectivity index (χ0n) is 19.9. The molecule has 0 spiro atoms. The number of carboxylic acids is 1. The van der Waals surface area contributed by atoms with Crippen molar-refractivity contribution in [1.82, 2.24) is 10.3 Å². The second-order valence-corrected chi connectivity index (χ2v) is 8.81. The van der Waals surface area contributed by atoms with Crippen LogP contribution in [0.2, 0.25) is 0 Å². The maximum Gasteiger partial charge on any atom is 0.347 e. The average molecular weight is 475 g/mol. The summed E-state index contributed by atoms with van der Waals surface area (Å²) < 4.78 is 17.8.